The average molecular weight is 397 g/mol. The number of benzene rings is 1. The van der Waals surface area contributed by atoms with E-state index in [2.05, 4.69) is 11.9 Å². The molecule has 0 spiro atoms. The van der Waals surface area contributed by atoms with Crippen LogP contribution in [0.2, 0.25) is 0 Å². The number of ketones is 1. The zero-order chi connectivity index (χ0) is 20.8. The van der Waals surface area contributed by atoms with Crippen molar-refractivity contribution in [2.75, 3.05) is 19.8 Å². The third-order valence-corrected chi connectivity index (χ3v) is 5.84. The molecule has 3 N–H and O–H groups in total. The van der Waals surface area contributed by atoms with Crippen LogP contribution in [0.1, 0.15) is 49.2 Å². The second kappa shape index (κ2) is 7.44. The number of allylic oxidation sites excluding steroid dienone is 2. The van der Waals surface area contributed by atoms with Gasteiger partial charge in [0.1, 0.15) is 11.9 Å². The summed E-state index contributed by atoms with van der Waals surface area (Å²) >= 11 is 0. The highest BCUT2D eigenvalue weighted by Crippen LogP contribution is 2.45. The molecule has 6 nitrogen and oxygen atoms in total. The fraction of sp³-hybridized carbons (Fsp3) is 0.435. The maximum absolute atomic E-state index is 13.3. The van der Waals surface area contributed by atoms with Crippen LogP contribution in [0.4, 0.5) is 0 Å². The van der Waals surface area contributed by atoms with Crippen LogP contribution in [0.25, 0.3) is 10.9 Å². The van der Waals surface area contributed by atoms with Gasteiger partial charge in [0.2, 0.25) is 0 Å². The van der Waals surface area contributed by atoms with Crippen LogP contribution in [0.3, 0.4) is 0 Å². The monoisotopic (exact) mass is 397 g/mol. The second-order valence-corrected chi connectivity index (χ2v) is 8.01. The standard InChI is InChI=1S/C23H27NO5/c1-4-28-15-5-6-17-19(9-15)24-21-13(2)18-10-23(3,29-12-14(26)11-25)8-7-16(18)22(27)20(17)21/h5-9,13-14,24-26H,4,10-12H2,1-3H3/t13?,14-,23?/m1/s1. The number of hydrogen-bond acceptors (Lipinski definition) is 5. The van der Waals surface area contributed by atoms with Gasteiger partial charge in [0, 0.05) is 35.1 Å². The van der Waals surface area contributed by atoms with E-state index in [9.17, 15) is 9.90 Å². The van der Waals surface area contributed by atoms with E-state index in [0.717, 1.165) is 39.1 Å². The van der Waals surface area contributed by atoms with Crippen molar-refractivity contribution in [1.29, 1.82) is 0 Å². The van der Waals surface area contributed by atoms with Crippen molar-refractivity contribution >= 4 is 16.7 Å². The maximum Gasteiger partial charge on any atom is 0.195 e. The minimum absolute atomic E-state index is 0.0252. The number of hydrogen-bond donors (Lipinski definition) is 3. The molecule has 0 aliphatic heterocycles. The first-order valence-electron chi connectivity index (χ1n) is 10.0. The van der Waals surface area contributed by atoms with Gasteiger partial charge in [0.15, 0.2) is 5.78 Å². The second-order valence-electron chi connectivity index (χ2n) is 8.01. The maximum atomic E-state index is 13.3. The Labute approximate surface area is 169 Å². The molecule has 3 atom stereocenters. The molecule has 29 heavy (non-hydrogen) atoms. The van der Waals surface area contributed by atoms with Crippen LogP contribution >= 0.6 is 0 Å². The summed E-state index contributed by atoms with van der Waals surface area (Å²) in [6.07, 6.45) is 3.37. The van der Waals surface area contributed by atoms with Gasteiger partial charge in [0.25, 0.3) is 0 Å². The third-order valence-electron chi connectivity index (χ3n) is 5.84. The van der Waals surface area contributed by atoms with Crippen LogP contribution in [0, 0.1) is 0 Å². The van der Waals surface area contributed by atoms with Gasteiger partial charge in [-0.2, -0.15) is 0 Å². The minimum atomic E-state index is -0.916. The lowest BCUT2D eigenvalue weighted by Gasteiger charge is -2.36. The lowest BCUT2D eigenvalue weighted by Crippen LogP contribution is -2.36. The lowest BCUT2D eigenvalue weighted by atomic mass is 9.73. The first-order chi connectivity index (χ1) is 13.9. The van der Waals surface area contributed by atoms with Gasteiger partial charge in [-0.05, 0) is 31.6 Å². The number of nitrogens with one attached hydrogen (secondary N) is 1. The molecule has 0 saturated heterocycles. The summed E-state index contributed by atoms with van der Waals surface area (Å²) in [5, 5.41) is 19.6. The molecule has 6 heteroatoms. The Kier molecular flexibility index (Phi) is 5.11. The van der Waals surface area contributed by atoms with Crippen LogP contribution in [-0.4, -0.2) is 52.5 Å². The Morgan fingerprint density at radius 2 is 2.17 bits per heavy atom. The predicted molar refractivity (Wildman–Crippen MR) is 110 cm³/mol. The number of carbonyl (C=O) groups is 1. The third kappa shape index (κ3) is 3.41. The van der Waals surface area contributed by atoms with Crippen LogP contribution < -0.4 is 4.74 Å². The van der Waals surface area contributed by atoms with Crippen molar-refractivity contribution in [1.82, 2.24) is 4.98 Å². The Bertz CT molecular complexity index is 1020. The summed E-state index contributed by atoms with van der Waals surface area (Å²) in [6, 6.07) is 5.78. The number of aromatic nitrogens is 1. The van der Waals surface area contributed by atoms with Gasteiger partial charge in [0.05, 0.1) is 36.5 Å². The molecule has 2 aliphatic carbocycles. The zero-order valence-corrected chi connectivity index (χ0v) is 17.0. The summed E-state index contributed by atoms with van der Waals surface area (Å²) in [5.41, 5.74) is 3.68. The molecule has 154 valence electrons. The van der Waals surface area contributed by atoms with Gasteiger partial charge >= 0.3 is 0 Å². The van der Waals surface area contributed by atoms with E-state index in [-0.39, 0.29) is 24.9 Å². The summed E-state index contributed by atoms with van der Waals surface area (Å²) in [5.74, 6) is 0.841. The van der Waals surface area contributed by atoms with E-state index in [0.29, 0.717) is 13.0 Å². The summed E-state index contributed by atoms with van der Waals surface area (Å²) < 4.78 is 11.5. The number of rotatable bonds is 6. The van der Waals surface area contributed by atoms with Crippen molar-refractivity contribution in [3.8, 4) is 5.75 Å². The van der Waals surface area contributed by atoms with E-state index < -0.39 is 11.7 Å². The quantitative estimate of drug-likeness (QED) is 0.696. The van der Waals surface area contributed by atoms with Crippen molar-refractivity contribution in [3.05, 3.63) is 52.8 Å². The number of Topliss-reactive ketones (excluding diaryl/α,β-unsaturated/α-hetero) is 1. The number of aliphatic hydroxyl groups is 2. The number of ether oxygens (including phenoxy) is 2. The Hall–Kier alpha value is -2.41. The number of H-pyrrole nitrogens is 1. The smallest absolute Gasteiger partial charge is 0.195 e. The fourth-order valence-electron chi connectivity index (χ4n) is 4.28. The van der Waals surface area contributed by atoms with E-state index in [1.54, 1.807) is 0 Å². The van der Waals surface area contributed by atoms with Gasteiger partial charge in [-0.3, -0.25) is 4.79 Å². The molecule has 0 amide bonds. The Morgan fingerprint density at radius 1 is 1.38 bits per heavy atom. The molecule has 1 aromatic carbocycles. The van der Waals surface area contributed by atoms with Crippen molar-refractivity contribution in [2.45, 2.75) is 44.8 Å². The number of carbonyl (C=O) groups excluding carboxylic acids is 1. The van der Waals surface area contributed by atoms with Crippen LogP contribution in [-0.2, 0) is 4.74 Å². The summed E-state index contributed by atoms with van der Waals surface area (Å²) in [4.78, 5) is 16.8. The number of fused-ring (bicyclic) bond motifs is 3. The van der Waals surface area contributed by atoms with E-state index in [1.807, 2.05) is 44.2 Å². The van der Waals surface area contributed by atoms with Crippen LogP contribution in [0.15, 0.2) is 41.5 Å². The average Bonchev–Trinajstić information content (AvgIpc) is 3.09. The Morgan fingerprint density at radius 3 is 2.90 bits per heavy atom. The van der Waals surface area contributed by atoms with Crippen LogP contribution in [0.5, 0.6) is 5.75 Å². The SMILES string of the molecule is CCOc1ccc2c3c([nH]c2c1)C(C)C1=C(C=CC(C)(OC[C@H](O)CO)C1)C3=O. The molecule has 1 heterocycles. The Balaban J connectivity index is 1.68. The molecule has 0 fully saturated rings. The van der Waals surface area contributed by atoms with E-state index in [1.165, 1.54) is 0 Å². The molecule has 2 aromatic rings. The van der Waals surface area contributed by atoms with Crippen molar-refractivity contribution in [2.24, 2.45) is 0 Å². The molecular weight excluding hydrogens is 370 g/mol. The predicted octanol–water partition coefficient (Wildman–Crippen LogP) is 3.25. The van der Waals surface area contributed by atoms with Gasteiger partial charge < -0.3 is 24.7 Å². The highest BCUT2D eigenvalue weighted by Gasteiger charge is 2.39. The molecule has 0 radical (unpaired) electrons. The molecule has 2 unspecified atom stereocenters. The molecule has 0 saturated carbocycles. The molecule has 2 aliphatic rings. The summed E-state index contributed by atoms with van der Waals surface area (Å²) in [6.45, 7) is 6.26. The largest absolute Gasteiger partial charge is 0.494 e. The normalized spacial score (nSPS) is 24.6. The first-order valence-corrected chi connectivity index (χ1v) is 10.0. The lowest BCUT2D eigenvalue weighted by molar-refractivity contribution is -0.0567. The van der Waals surface area contributed by atoms with Gasteiger partial charge in [-0.15, -0.1) is 0 Å². The van der Waals surface area contributed by atoms with Crippen molar-refractivity contribution in [3.63, 3.8) is 0 Å². The molecular formula is C23H27NO5. The topological polar surface area (TPSA) is 91.8 Å². The molecule has 1 aromatic heterocycles. The van der Waals surface area contributed by atoms with Gasteiger partial charge in [-0.25, -0.2) is 0 Å². The van der Waals surface area contributed by atoms with Crippen molar-refractivity contribution < 1.29 is 24.5 Å². The van der Waals surface area contributed by atoms with E-state index in [4.69, 9.17) is 14.6 Å². The first kappa shape index (κ1) is 19.9. The zero-order valence-electron chi connectivity index (χ0n) is 17.0. The molecule has 4 rings (SSSR count). The summed E-state index contributed by atoms with van der Waals surface area (Å²) in [7, 11) is 0. The number of aromatic amines is 1. The highest BCUT2D eigenvalue weighted by molar-refractivity contribution is 6.20. The number of aliphatic hydroxyl groups excluding tert-OH is 2. The van der Waals surface area contributed by atoms with Gasteiger partial charge in [-0.1, -0.05) is 19.1 Å². The highest BCUT2D eigenvalue weighted by atomic mass is 16.5. The fourth-order valence-corrected chi connectivity index (χ4v) is 4.28. The van der Waals surface area contributed by atoms with E-state index >= 15 is 0 Å². The minimum Gasteiger partial charge on any atom is -0.494 e. The molecule has 0 bridgehead atoms.